The molecule has 1 aliphatic heterocycles. The van der Waals surface area contributed by atoms with Crippen molar-refractivity contribution in [2.24, 2.45) is 5.10 Å². The number of H-pyrrole nitrogens is 1. The van der Waals surface area contributed by atoms with Crippen LogP contribution in [0.5, 0.6) is 11.6 Å². The zero-order valence-electron chi connectivity index (χ0n) is 14.3. The lowest BCUT2D eigenvalue weighted by atomic mass is 10.1. The average molecular weight is 384 g/mol. The Bertz CT molecular complexity index is 1130. The molecular weight excluding hydrogens is 368 g/mol. The lowest BCUT2D eigenvalue weighted by Crippen LogP contribution is -2.33. The summed E-state index contributed by atoms with van der Waals surface area (Å²) in [6, 6.07) is 10.6. The Morgan fingerprint density at radius 3 is 2.81 bits per heavy atom. The second kappa shape index (κ2) is 6.76. The van der Waals surface area contributed by atoms with Gasteiger partial charge in [-0.2, -0.15) is 5.10 Å². The highest BCUT2D eigenvalue weighted by Crippen LogP contribution is 2.30. The molecular formula is C18H16N4O4S. The lowest BCUT2D eigenvalue weighted by molar-refractivity contribution is 0.401. The number of aromatic amines is 1. The fraction of sp³-hybridized carbons (Fsp3) is 0.167. The van der Waals surface area contributed by atoms with E-state index in [0.717, 1.165) is 9.44 Å². The van der Waals surface area contributed by atoms with Gasteiger partial charge in [-0.3, -0.25) is 9.78 Å². The molecule has 138 valence electrons. The predicted octanol–water partition coefficient (Wildman–Crippen LogP) is 1.74. The topological polar surface area (TPSA) is 109 Å². The molecule has 3 N–H and O–H groups in total. The van der Waals surface area contributed by atoms with Crippen LogP contribution < -0.4 is 21.4 Å². The van der Waals surface area contributed by atoms with E-state index in [9.17, 15) is 14.7 Å². The highest BCUT2D eigenvalue weighted by molar-refractivity contribution is 7.10. The first-order valence-corrected chi connectivity index (χ1v) is 9.05. The van der Waals surface area contributed by atoms with Crippen molar-refractivity contribution >= 4 is 17.0 Å². The minimum Gasteiger partial charge on any atom is -0.495 e. The van der Waals surface area contributed by atoms with Crippen LogP contribution in [0, 0.1) is 0 Å². The summed E-state index contributed by atoms with van der Waals surface area (Å²) >= 11 is 1.58. The maximum Gasteiger partial charge on any atom is 0.335 e. The zero-order valence-corrected chi connectivity index (χ0v) is 15.1. The van der Waals surface area contributed by atoms with E-state index in [4.69, 9.17) is 4.74 Å². The Hall–Kier alpha value is -3.33. The van der Waals surface area contributed by atoms with Crippen molar-refractivity contribution in [3.8, 4) is 17.3 Å². The molecule has 8 nitrogen and oxygen atoms in total. The van der Waals surface area contributed by atoms with Gasteiger partial charge in [0.15, 0.2) is 0 Å². The summed E-state index contributed by atoms with van der Waals surface area (Å²) in [5, 5.41) is 17.0. The number of hydrogen-bond donors (Lipinski definition) is 3. The Morgan fingerprint density at radius 1 is 1.26 bits per heavy atom. The number of nitrogens with one attached hydrogen (secondary N) is 2. The number of methoxy groups -OCH3 is 1. The van der Waals surface area contributed by atoms with E-state index >= 15 is 0 Å². The molecule has 1 aliphatic rings. The van der Waals surface area contributed by atoms with Crippen LogP contribution in [0.4, 0.5) is 0 Å². The molecule has 3 aromatic rings. The Morgan fingerprint density at radius 2 is 2.07 bits per heavy atom. The van der Waals surface area contributed by atoms with Crippen LogP contribution in [0.2, 0.25) is 0 Å². The van der Waals surface area contributed by atoms with Crippen molar-refractivity contribution in [2.75, 3.05) is 7.11 Å². The van der Waals surface area contributed by atoms with Crippen LogP contribution in [0.25, 0.3) is 5.69 Å². The third-order valence-electron chi connectivity index (χ3n) is 4.34. The minimum absolute atomic E-state index is 0.0351. The molecule has 27 heavy (non-hydrogen) atoms. The van der Waals surface area contributed by atoms with Crippen LogP contribution >= 0.6 is 11.3 Å². The number of nitrogens with zero attached hydrogens (tertiary/aromatic N) is 2. The molecule has 0 aliphatic carbocycles. The number of para-hydroxylation sites is 2. The van der Waals surface area contributed by atoms with Gasteiger partial charge in [0, 0.05) is 11.3 Å². The second-order valence-electron chi connectivity index (χ2n) is 5.92. The van der Waals surface area contributed by atoms with Gasteiger partial charge in [0.1, 0.15) is 11.3 Å². The van der Waals surface area contributed by atoms with Crippen molar-refractivity contribution < 1.29 is 9.84 Å². The maximum atomic E-state index is 12.4. The molecule has 9 heteroatoms. The van der Waals surface area contributed by atoms with Crippen molar-refractivity contribution in [1.82, 2.24) is 15.0 Å². The highest BCUT2D eigenvalue weighted by atomic mass is 32.1. The average Bonchev–Trinajstić information content (AvgIpc) is 3.33. The summed E-state index contributed by atoms with van der Waals surface area (Å²) < 4.78 is 6.28. The van der Waals surface area contributed by atoms with Crippen LogP contribution in [0.15, 0.2) is 56.5 Å². The summed E-state index contributed by atoms with van der Waals surface area (Å²) in [7, 11) is 1.46. The number of thiophene rings is 1. The van der Waals surface area contributed by atoms with Crippen molar-refractivity contribution in [3.05, 3.63) is 73.1 Å². The summed E-state index contributed by atoms with van der Waals surface area (Å²) in [4.78, 5) is 28.1. The normalized spacial score (nSPS) is 16.0. The fourth-order valence-corrected chi connectivity index (χ4v) is 3.85. The minimum atomic E-state index is -0.757. The predicted molar refractivity (Wildman–Crippen MR) is 102 cm³/mol. The van der Waals surface area contributed by atoms with E-state index in [-0.39, 0.29) is 11.6 Å². The van der Waals surface area contributed by atoms with Gasteiger partial charge in [0.25, 0.3) is 5.56 Å². The number of hydrogen-bond acceptors (Lipinski definition) is 7. The summed E-state index contributed by atoms with van der Waals surface area (Å²) in [6.45, 7) is 0. The highest BCUT2D eigenvalue weighted by Gasteiger charge is 2.28. The van der Waals surface area contributed by atoms with Gasteiger partial charge in [-0.15, -0.1) is 11.3 Å². The SMILES string of the molecule is COc1ccccc1-n1c(O)c(C2=NNC(c3cccs3)C2)c(=O)[nH]c1=O. The number of aromatic hydroxyl groups is 1. The molecule has 3 heterocycles. The standard InChI is InChI=1S/C18H16N4O4S/c1-26-13-6-3-2-5-12(13)22-17(24)15(16(23)19-18(22)25)11-9-10(20-21-11)14-7-4-8-27-14/h2-8,10,20,24H,9H2,1H3,(H,19,23,25). The first kappa shape index (κ1) is 17.1. The Labute approximate surface area is 157 Å². The van der Waals surface area contributed by atoms with Gasteiger partial charge in [-0.25, -0.2) is 9.36 Å². The van der Waals surface area contributed by atoms with Gasteiger partial charge >= 0.3 is 5.69 Å². The molecule has 1 atom stereocenters. The summed E-state index contributed by atoms with van der Waals surface area (Å²) in [6.07, 6.45) is 0.418. The number of rotatable bonds is 4. The largest absolute Gasteiger partial charge is 0.495 e. The first-order valence-electron chi connectivity index (χ1n) is 8.17. The lowest BCUT2D eigenvalue weighted by Gasteiger charge is -2.14. The molecule has 0 fully saturated rings. The van der Waals surface area contributed by atoms with Gasteiger partial charge in [0.2, 0.25) is 5.88 Å². The molecule has 0 amide bonds. The summed E-state index contributed by atoms with van der Waals surface area (Å²) in [5.74, 6) is -0.0866. The van der Waals surface area contributed by atoms with E-state index in [1.54, 1.807) is 35.6 Å². The van der Waals surface area contributed by atoms with Gasteiger partial charge in [0.05, 0.1) is 24.6 Å². The smallest absolute Gasteiger partial charge is 0.335 e. The van der Waals surface area contributed by atoms with Gasteiger partial charge in [-0.05, 0) is 23.6 Å². The maximum absolute atomic E-state index is 12.4. The third kappa shape index (κ3) is 2.91. The molecule has 0 radical (unpaired) electrons. The zero-order chi connectivity index (χ0) is 19.0. The molecule has 0 saturated carbocycles. The number of ether oxygens (including phenoxy) is 1. The van der Waals surface area contributed by atoms with E-state index in [1.807, 2.05) is 17.5 Å². The second-order valence-corrected chi connectivity index (χ2v) is 6.90. The monoisotopic (exact) mass is 384 g/mol. The molecule has 0 bridgehead atoms. The van der Waals surface area contributed by atoms with Crippen LogP contribution in [0.1, 0.15) is 22.9 Å². The van der Waals surface area contributed by atoms with E-state index in [0.29, 0.717) is 23.6 Å². The fourth-order valence-electron chi connectivity index (χ4n) is 3.08. The Kier molecular flexibility index (Phi) is 4.28. The van der Waals surface area contributed by atoms with E-state index in [2.05, 4.69) is 15.5 Å². The molecule has 0 saturated heterocycles. The molecule has 1 aromatic carbocycles. The van der Waals surface area contributed by atoms with Gasteiger partial charge in [-0.1, -0.05) is 18.2 Å². The molecule has 2 aromatic heterocycles. The van der Waals surface area contributed by atoms with Crippen molar-refractivity contribution in [1.29, 1.82) is 0 Å². The molecule has 4 rings (SSSR count). The number of benzene rings is 1. The summed E-state index contributed by atoms with van der Waals surface area (Å²) in [5.41, 5.74) is 2.21. The van der Waals surface area contributed by atoms with E-state index < -0.39 is 17.1 Å². The van der Waals surface area contributed by atoms with Crippen molar-refractivity contribution in [2.45, 2.75) is 12.5 Å². The van der Waals surface area contributed by atoms with Gasteiger partial charge < -0.3 is 15.3 Å². The molecule has 1 unspecified atom stereocenters. The quantitative estimate of drug-likeness (QED) is 0.635. The third-order valence-corrected chi connectivity index (χ3v) is 5.33. The van der Waals surface area contributed by atoms with Crippen LogP contribution in [0.3, 0.4) is 0 Å². The Balaban J connectivity index is 1.82. The first-order chi connectivity index (χ1) is 13.1. The number of hydrazone groups is 1. The van der Waals surface area contributed by atoms with Crippen molar-refractivity contribution in [3.63, 3.8) is 0 Å². The van der Waals surface area contributed by atoms with Crippen LogP contribution in [-0.4, -0.2) is 27.5 Å². The van der Waals surface area contributed by atoms with Crippen LogP contribution in [-0.2, 0) is 0 Å². The molecule has 0 spiro atoms. The number of aromatic nitrogens is 2. The van der Waals surface area contributed by atoms with E-state index in [1.165, 1.54) is 7.11 Å².